The maximum Gasteiger partial charge on any atom is 0.247 e. The van der Waals surface area contributed by atoms with Gasteiger partial charge in [-0.3, -0.25) is 14.6 Å². The molecule has 2 aromatic heterocycles. The molecule has 0 radical (unpaired) electrons. The van der Waals surface area contributed by atoms with E-state index in [9.17, 15) is 4.79 Å². The molecule has 0 atom stereocenters. The number of carbonyl (C=O) groups is 1. The van der Waals surface area contributed by atoms with Crippen LogP contribution in [0.5, 0.6) is 0 Å². The van der Waals surface area contributed by atoms with Gasteiger partial charge in [-0.1, -0.05) is 0 Å². The normalized spacial score (nSPS) is 9.69. The van der Waals surface area contributed by atoms with Crippen molar-refractivity contribution in [2.45, 2.75) is 6.54 Å². The van der Waals surface area contributed by atoms with E-state index in [1.807, 2.05) is 6.07 Å². The molecule has 0 aliphatic heterocycles. The average molecular weight is 216 g/mol. The van der Waals surface area contributed by atoms with Gasteiger partial charge in [-0.2, -0.15) is 15.5 Å². The molecule has 0 spiro atoms. The Balaban J connectivity index is 2.01. The van der Waals surface area contributed by atoms with Gasteiger partial charge in [0.25, 0.3) is 0 Å². The van der Waals surface area contributed by atoms with Crippen LogP contribution in [0.3, 0.4) is 0 Å². The molecule has 7 nitrogen and oxygen atoms in total. The van der Waals surface area contributed by atoms with Gasteiger partial charge in [0, 0.05) is 12.4 Å². The van der Waals surface area contributed by atoms with Gasteiger partial charge in [0.1, 0.15) is 24.0 Å². The summed E-state index contributed by atoms with van der Waals surface area (Å²) in [5.74, 6) is 0.0316. The summed E-state index contributed by atoms with van der Waals surface area (Å²) in [5, 5.41) is 21.3. The number of H-pyrrole nitrogens is 1. The van der Waals surface area contributed by atoms with Crippen LogP contribution < -0.4 is 5.32 Å². The second-order valence-electron chi connectivity index (χ2n) is 3.02. The van der Waals surface area contributed by atoms with Crippen molar-refractivity contribution in [1.82, 2.24) is 20.0 Å². The molecule has 0 aromatic carbocycles. The van der Waals surface area contributed by atoms with E-state index in [1.165, 1.54) is 10.9 Å². The molecule has 0 saturated heterocycles. The van der Waals surface area contributed by atoms with Crippen LogP contribution in [0.2, 0.25) is 0 Å². The summed E-state index contributed by atoms with van der Waals surface area (Å²) in [6.07, 6.45) is 4.62. The Bertz CT molecular complexity index is 520. The number of hydrogen-bond donors (Lipinski definition) is 2. The lowest BCUT2D eigenvalue weighted by atomic mass is 10.3. The molecule has 0 aliphatic carbocycles. The molecule has 0 saturated carbocycles. The van der Waals surface area contributed by atoms with Gasteiger partial charge in [-0.05, 0) is 6.07 Å². The Morgan fingerprint density at radius 2 is 2.56 bits per heavy atom. The van der Waals surface area contributed by atoms with E-state index in [4.69, 9.17) is 5.26 Å². The SMILES string of the molecule is N#Cc1cn[nH]c1NC(=O)Cn1cccn1. The number of anilines is 1. The maximum atomic E-state index is 11.5. The number of hydrogen-bond acceptors (Lipinski definition) is 4. The summed E-state index contributed by atoms with van der Waals surface area (Å²) in [5.41, 5.74) is 0.300. The lowest BCUT2D eigenvalue weighted by Gasteiger charge is -2.02. The van der Waals surface area contributed by atoms with Crippen molar-refractivity contribution in [3.8, 4) is 6.07 Å². The fraction of sp³-hybridized carbons (Fsp3) is 0.111. The average Bonchev–Trinajstić information content (AvgIpc) is 2.88. The van der Waals surface area contributed by atoms with Crippen molar-refractivity contribution in [1.29, 1.82) is 5.26 Å². The van der Waals surface area contributed by atoms with Crippen LogP contribution in [0.1, 0.15) is 5.56 Å². The number of rotatable bonds is 3. The van der Waals surface area contributed by atoms with Gasteiger partial charge in [-0.25, -0.2) is 0 Å². The van der Waals surface area contributed by atoms with E-state index in [-0.39, 0.29) is 12.5 Å². The van der Waals surface area contributed by atoms with E-state index >= 15 is 0 Å². The Morgan fingerprint density at radius 3 is 3.25 bits per heavy atom. The maximum absolute atomic E-state index is 11.5. The third kappa shape index (κ3) is 2.06. The first kappa shape index (κ1) is 9.92. The Kier molecular flexibility index (Phi) is 2.65. The van der Waals surface area contributed by atoms with Crippen molar-refractivity contribution < 1.29 is 4.79 Å². The first-order valence-electron chi connectivity index (χ1n) is 4.50. The Morgan fingerprint density at radius 1 is 1.69 bits per heavy atom. The lowest BCUT2D eigenvalue weighted by molar-refractivity contribution is -0.116. The summed E-state index contributed by atoms with van der Waals surface area (Å²) in [6, 6.07) is 3.64. The second kappa shape index (κ2) is 4.27. The first-order chi connectivity index (χ1) is 7.79. The Labute approximate surface area is 90.7 Å². The van der Waals surface area contributed by atoms with E-state index in [2.05, 4.69) is 20.6 Å². The van der Waals surface area contributed by atoms with Crippen LogP contribution in [0, 0.1) is 11.3 Å². The number of carbonyl (C=O) groups excluding carboxylic acids is 1. The molecule has 2 N–H and O–H groups in total. The van der Waals surface area contributed by atoms with E-state index in [0.717, 1.165) is 0 Å². The fourth-order valence-corrected chi connectivity index (χ4v) is 1.19. The van der Waals surface area contributed by atoms with Crippen LogP contribution in [-0.4, -0.2) is 25.9 Å². The number of nitrogens with zero attached hydrogens (tertiary/aromatic N) is 4. The number of aromatic amines is 1. The molecule has 0 bridgehead atoms. The molecule has 16 heavy (non-hydrogen) atoms. The summed E-state index contributed by atoms with van der Waals surface area (Å²) < 4.78 is 1.48. The summed E-state index contributed by atoms with van der Waals surface area (Å²) in [7, 11) is 0. The van der Waals surface area contributed by atoms with Crippen molar-refractivity contribution in [3.63, 3.8) is 0 Å². The number of aromatic nitrogens is 4. The molecule has 80 valence electrons. The fourth-order valence-electron chi connectivity index (χ4n) is 1.19. The van der Waals surface area contributed by atoms with Crippen molar-refractivity contribution in [2.75, 3.05) is 5.32 Å². The minimum Gasteiger partial charge on any atom is -0.308 e. The van der Waals surface area contributed by atoms with Crippen LogP contribution in [0.4, 0.5) is 5.82 Å². The summed E-state index contributed by atoms with van der Waals surface area (Å²) >= 11 is 0. The zero-order valence-electron chi connectivity index (χ0n) is 8.21. The standard InChI is InChI=1S/C9H8N6O/c10-4-7-5-11-14-9(7)13-8(16)6-15-3-1-2-12-15/h1-3,5H,6H2,(H2,11,13,14,16). The summed E-state index contributed by atoms with van der Waals surface area (Å²) in [6.45, 7) is 0.0941. The van der Waals surface area contributed by atoms with Gasteiger partial charge < -0.3 is 5.32 Å². The highest BCUT2D eigenvalue weighted by Gasteiger charge is 2.08. The van der Waals surface area contributed by atoms with Crippen molar-refractivity contribution in [3.05, 3.63) is 30.2 Å². The number of nitrogens with one attached hydrogen (secondary N) is 2. The van der Waals surface area contributed by atoms with Crippen molar-refractivity contribution >= 4 is 11.7 Å². The van der Waals surface area contributed by atoms with Gasteiger partial charge in [0.15, 0.2) is 0 Å². The second-order valence-corrected chi connectivity index (χ2v) is 3.02. The van der Waals surface area contributed by atoms with Gasteiger partial charge >= 0.3 is 0 Å². The van der Waals surface area contributed by atoms with Crippen molar-refractivity contribution in [2.24, 2.45) is 0 Å². The molecule has 2 aromatic rings. The quantitative estimate of drug-likeness (QED) is 0.760. The van der Waals surface area contributed by atoms with Crippen LogP contribution in [0.25, 0.3) is 0 Å². The third-order valence-corrected chi connectivity index (χ3v) is 1.89. The molecular weight excluding hydrogens is 208 g/mol. The molecule has 0 unspecified atom stereocenters. The minimum absolute atomic E-state index is 0.0941. The topological polar surface area (TPSA) is 99.4 Å². The largest absolute Gasteiger partial charge is 0.308 e. The minimum atomic E-state index is -0.274. The highest BCUT2D eigenvalue weighted by atomic mass is 16.2. The smallest absolute Gasteiger partial charge is 0.247 e. The molecule has 2 heterocycles. The molecule has 2 rings (SSSR count). The molecule has 0 aliphatic rings. The molecule has 7 heteroatoms. The van der Waals surface area contributed by atoms with Crippen LogP contribution in [0.15, 0.2) is 24.7 Å². The van der Waals surface area contributed by atoms with E-state index < -0.39 is 0 Å². The van der Waals surface area contributed by atoms with Crippen LogP contribution in [-0.2, 0) is 11.3 Å². The monoisotopic (exact) mass is 216 g/mol. The molecule has 1 amide bonds. The highest BCUT2D eigenvalue weighted by Crippen LogP contribution is 2.08. The predicted octanol–water partition coefficient (Wildman–Crippen LogP) is 0.117. The first-order valence-corrected chi connectivity index (χ1v) is 4.50. The van der Waals surface area contributed by atoms with E-state index in [1.54, 1.807) is 18.5 Å². The van der Waals surface area contributed by atoms with Gasteiger partial charge in [-0.15, -0.1) is 0 Å². The zero-order valence-corrected chi connectivity index (χ0v) is 8.21. The number of nitriles is 1. The van der Waals surface area contributed by atoms with E-state index in [0.29, 0.717) is 11.4 Å². The lowest BCUT2D eigenvalue weighted by Crippen LogP contribution is -2.19. The predicted molar refractivity (Wildman–Crippen MR) is 54.2 cm³/mol. The number of amides is 1. The third-order valence-electron chi connectivity index (χ3n) is 1.89. The summed E-state index contributed by atoms with van der Waals surface area (Å²) in [4.78, 5) is 11.5. The molecule has 0 fully saturated rings. The zero-order chi connectivity index (χ0) is 11.4. The van der Waals surface area contributed by atoms with Gasteiger partial charge in [0.2, 0.25) is 5.91 Å². The van der Waals surface area contributed by atoms with Crippen LogP contribution >= 0.6 is 0 Å². The highest BCUT2D eigenvalue weighted by molar-refractivity contribution is 5.90. The Hall–Kier alpha value is -2.62. The van der Waals surface area contributed by atoms with Gasteiger partial charge in [0.05, 0.1) is 6.20 Å². The molecular formula is C9H8N6O.